The standard InChI is InChI=1S/C17H24N4O2S/c1-10(21-5-7-23-8-6-21)9-18-16(22)15-11(2)14-12(3)19-13(4)20-17(14)24-15/h10H,5-9H2,1-4H3,(H,18,22)/t10-/m0/s1. The fourth-order valence-corrected chi connectivity index (χ4v) is 4.35. The number of amides is 1. The Morgan fingerprint density at radius 1 is 1.29 bits per heavy atom. The average molecular weight is 348 g/mol. The third kappa shape index (κ3) is 3.43. The zero-order valence-corrected chi connectivity index (χ0v) is 15.5. The number of hydrogen-bond donors (Lipinski definition) is 1. The Bertz CT molecular complexity index is 753. The maximum absolute atomic E-state index is 12.6. The highest BCUT2D eigenvalue weighted by atomic mass is 32.1. The third-order valence-corrected chi connectivity index (χ3v) is 5.70. The molecule has 1 atom stereocenters. The van der Waals surface area contributed by atoms with Crippen molar-refractivity contribution < 1.29 is 9.53 Å². The van der Waals surface area contributed by atoms with Crippen LogP contribution in [0.4, 0.5) is 0 Å². The van der Waals surface area contributed by atoms with Crippen molar-refractivity contribution in [3.63, 3.8) is 0 Å². The van der Waals surface area contributed by atoms with E-state index < -0.39 is 0 Å². The summed E-state index contributed by atoms with van der Waals surface area (Å²) >= 11 is 1.45. The number of rotatable bonds is 4. The third-order valence-electron chi connectivity index (χ3n) is 4.52. The van der Waals surface area contributed by atoms with Gasteiger partial charge in [0, 0.05) is 36.8 Å². The van der Waals surface area contributed by atoms with Crippen LogP contribution in [-0.2, 0) is 4.74 Å². The first kappa shape index (κ1) is 17.3. The molecule has 2 aromatic rings. The molecule has 6 nitrogen and oxygen atoms in total. The number of aryl methyl sites for hydroxylation is 3. The van der Waals surface area contributed by atoms with Gasteiger partial charge in [0.05, 0.1) is 18.1 Å². The molecule has 1 saturated heterocycles. The normalized spacial score (nSPS) is 17.2. The highest BCUT2D eigenvalue weighted by molar-refractivity contribution is 7.20. The van der Waals surface area contributed by atoms with Gasteiger partial charge in [-0.3, -0.25) is 9.69 Å². The van der Waals surface area contributed by atoms with Crippen molar-refractivity contribution in [2.75, 3.05) is 32.8 Å². The van der Waals surface area contributed by atoms with Crippen LogP contribution in [0.2, 0.25) is 0 Å². The van der Waals surface area contributed by atoms with Gasteiger partial charge in [0.15, 0.2) is 0 Å². The van der Waals surface area contributed by atoms with Crippen LogP contribution < -0.4 is 5.32 Å². The summed E-state index contributed by atoms with van der Waals surface area (Å²) in [6, 6.07) is 0.302. The van der Waals surface area contributed by atoms with Crippen LogP contribution in [0.25, 0.3) is 10.2 Å². The minimum atomic E-state index is -0.0207. The van der Waals surface area contributed by atoms with Crippen LogP contribution in [-0.4, -0.2) is 59.7 Å². The maximum atomic E-state index is 12.6. The van der Waals surface area contributed by atoms with Gasteiger partial charge in [0.2, 0.25) is 0 Å². The smallest absolute Gasteiger partial charge is 0.261 e. The molecule has 3 rings (SSSR count). The van der Waals surface area contributed by atoms with Crippen LogP contribution in [0.15, 0.2) is 0 Å². The Morgan fingerprint density at radius 2 is 2.00 bits per heavy atom. The molecule has 1 N–H and O–H groups in total. The first-order chi connectivity index (χ1) is 11.5. The second-order valence-electron chi connectivity index (χ2n) is 6.30. The molecule has 0 radical (unpaired) electrons. The summed E-state index contributed by atoms with van der Waals surface area (Å²) in [6.07, 6.45) is 0. The summed E-state index contributed by atoms with van der Waals surface area (Å²) in [6.45, 7) is 12.0. The fraction of sp³-hybridized carbons (Fsp3) is 0.588. The van der Waals surface area contributed by atoms with Gasteiger partial charge in [-0.25, -0.2) is 9.97 Å². The van der Waals surface area contributed by atoms with E-state index in [0.29, 0.717) is 12.6 Å². The molecule has 7 heteroatoms. The summed E-state index contributed by atoms with van der Waals surface area (Å²) < 4.78 is 5.37. The predicted molar refractivity (Wildman–Crippen MR) is 95.8 cm³/mol. The van der Waals surface area contributed by atoms with E-state index in [9.17, 15) is 4.79 Å². The van der Waals surface area contributed by atoms with E-state index in [1.807, 2.05) is 20.8 Å². The van der Waals surface area contributed by atoms with Gasteiger partial charge in [0.25, 0.3) is 5.91 Å². The van der Waals surface area contributed by atoms with E-state index in [1.165, 1.54) is 11.3 Å². The van der Waals surface area contributed by atoms with E-state index in [0.717, 1.165) is 58.5 Å². The molecule has 2 aromatic heterocycles. The summed E-state index contributed by atoms with van der Waals surface area (Å²) in [7, 11) is 0. The summed E-state index contributed by atoms with van der Waals surface area (Å²) in [5.74, 6) is 0.724. The molecule has 1 amide bonds. The molecule has 0 unspecified atom stereocenters. The molecule has 0 bridgehead atoms. The van der Waals surface area contributed by atoms with Crippen LogP contribution in [0.3, 0.4) is 0 Å². The minimum Gasteiger partial charge on any atom is -0.379 e. The summed E-state index contributed by atoms with van der Waals surface area (Å²) in [4.78, 5) is 25.5. The number of carbonyl (C=O) groups is 1. The zero-order chi connectivity index (χ0) is 17.3. The number of hydrogen-bond acceptors (Lipinski definition) is 6. The van der Waals surface area contributed by atoms with Crippen LogP contribution >= 0.6 is 11.3 Å². The largest absolute Gasteiger partial charge is 0.379 e. The Balaban J connectivity index is 1.72. The van der Waals surface area contributed by atoms with Crippen molar-refractivity contribution in [2.45, 2.75) is 33.7 Å². The summed E-state index contributed by atoms with van der Waals surface area (Å²) in [5.41, 5.74) is 1.91. The number of carbonyl (C=O) groups excluding carboxylic acids is 1. The molecule has 1 aliphatic rings. The maximum Gasteiger partial charge on any atom is 0.261 e. The van der Waals surface area contributed by atoms with E-state index in [1.54, 1.807) is 0 Å². The van der Waals surface area contributed by atoms with Gasteiger partial charge in [-0.2, -0.15) is 0 Å². The molecule has 0 spiro atoms. The lowest BCUT2D eigenvalue weighted by atomic mass is 10.1. The first-order valence-electron chi connectivity index (χ1n) is 8.31. The van der Waals surface area contributed by atoms with E-state index in [-0.39, 0.29) is 5.91 Å². The fourth-order valence-electron chi connectivity index (χ4n) is 3.16. The van der Waals surface area contributed by atoms with E-state index in [4.69, 9.17) is 4.74 Å². The quantitative estimate of drug-likeness (QED) is 0.916. The van der Waals surface area contributed by atoms with Gasteiger partial charge >= 0.3 is 0 Å². The van der Waals surface area contributed by atoms with Crippen molar-refractivity contribution in [1.82, 2.24) is 20.2 Å². The lowest BCUT2D eigenvalue weighted by Crippen LogP contribution is -2.47. The van der Waals surface area contributed by atoms with Crippen LogP contribution in [0.1, 0.15) is 33.7 Å². The number of aromatic nitrogens is 2. The highest BCUT2D eigenvalue weighted by Gasteiger charge is 2.21. The SMILES string of the molecule is Cc1nc(C)c2c(C)c(C(=O)NC[C@H](C)N3CCOCC3)sc2n1. The van der Waals surface area contributed by atoms with Crippen molar-refractivity contribution >= 4 is 27.5 Å². The lowest BCUT2D eigenvalue weighted by molar-refractivity contribution is 0.0204. The number of fused-ring (bicyclic) bond motifs is 1. The average Bonchev–Trinajstić information content (AvgIpc) is 2.90. The van der Waals surface area contributed by atoms with E-state index in [2.05, 4.69) is 27.1 Å². The van der Waals surface area contributed by atoms with E-state index >= 15 is 0 Å². The van der Waals surface area contributed by atoms with Gasteiger partial charge in [-0.05, 0) is 33.3 Å². The number of thiophene rings is 1. The first-order valence-corrected chi connectivity index (χ1v) is 9.13. The Morgan fingerprint density at radius 3 is 2.71 bits per heavy atom. The van der Waals surface area contributed by atoms with Crippen LogP contribution in [0, 0.1) is 20.8 Å². The molecule has 0 aliphatic carbocycles. The predicted octanol–water partition coefficient (Wildman–Crippen LogP) is 2.07. The van der Waals surface area contributed by atoms with Crippen molar-refractivity contribution in [3.05, 3.63) is 22.0 Å². The van der Waals surface area contributed by atoms with Gasteiger partial charge in [-0.15, -0.1) is 11.3 Å². The lowest BCUT2D eigenvalue weighted by Gasteiger charge is -2.32. The molecule has 1 aliphatic heterocycles. The second kappa shape index (κ2) is 7.13. The molecule has 0 saturated carbocycles. The van der Waals surface area contributed by atoms with Gasteiger partial charge in [0.1, 0.15) is 10.7 Å². The number of nitrogens with zero attached hydrogens (tertiary/aromatic N) is 3. The molecule has 3 heterocycles. The minimum absolute atomic E-state index is 0.0207. The topological polar surface area (TPSA) is 67.4 Å². The number of morpholine rings is 1. The number of ether oxygens (including phenoxy) is 1. The Labute approximate surface area is 146 Å². The Kier molecular flexibility index (Phi) is 5.12. The van der Waals surface area contributed by atoms with Crippen LogP contribution in [0.5, 0.6) is 0 Å². The second-order valence-corrected chi connectivity index (χ2v) is 7.30. The molecular formula is C17H24N4O2S. The van der Waals surface area contributed by atoms with Crippen molar-refractivity contribution in [2.24, 2.45) is 0 Å². The number of nitrogens with one attached hydrogen (secondary N) is 1. The molecule has 1 fully saturated rings. The summed E-state index contributed by atoms with van der Waals surface area (Å²) in [5, 5.41) is 4.08. The van der Waals surface area contributed by atoms with Gasteiger partial charge in [-0.1, -0.05) is 0 Å². The molecule has 0 aromatic carbocycles. The Hall–Kier alpha value is -1.57. The van der Waals surface area contributed by atoms with Crippen molar-refractivity contribution in [1.29, 1.82) is 0 Å². The molecule has 24 heavy (non-hydrogen) atoms. The molecule has 130 valence electrons. The van der Waals surface area contributed by atoms with Crippen molar-refractivity contribution in [3.8, 4) is 0 Å². The zero-order valence-electron chi connectivity index (χ0n) is 14.7. The molecular weight excluding hydrogens is 324 g/mol. The highest BCUT2D eigenvalue weighted by Crippen LogP contribution is 2.31. The van der Waals surface area contributed by atoms with Gasteiger partial charge < -0.3 is 10.1 Å². The monoisotopic (exact) mass is 348 g/mol.